The summed E-state index contributed by atoms with van der Waals surface area (Å²) < 4.78 is 12.6. The molecule has 0 aliphatic carbocycles. The zero-order valence-electron chi connectivity index (χ0n) is 21.4. The minimum Gasteiger partial charge on any atom is -0.384 e. The van der Waals surface area contributed by atoms with Crippen molar-refractivity contribution in [1.29, 1.82) is 0 Å². The van der Waals surface area contributed by atoms with Crippen molar-refractivity contribution in [2.24, 2.45) is 0 Å². The van der Waals surface area contributed by atoms with Gasteiger partial charge in [0.05, 0.1) is 40.4 Å². The summed E-state index contributed by atoms with van der Waals surface area (Å²) >= 11 is 1.73. The Bertz CT molecular complexity index is 1210. The van der Waals surface area contributed by atoms with Gasteiger partial charge in [0.2, 0.25) is 0 Å². The molecule has 7 nitrogen and oxygen atoms in total. The van der Waals surface area contributed by atoms with E-state index in [1.54, 1.807) is 11.3 Å². The Morgan fingerprint density at radius 2 is 1.84 bits per heavy atom. The van der Waals surface area contributed by atoms with Crippen LogP contribution in [-0.4, -0.2) is 85.4 Å². The number of hydrogen-bond donors (Lipinski definition) is 1. The molecular formula is C29H36N4O3S. The fraction of sp³-hybridized carbons (Fsp3) is 0.517. The number of benzene rings is 1. The number of likely N-dealkylation sites (tertiary alicyclic amines) is 1. The van der Waals surface area contributed by atoms with Gasteiger partial charge in [-0.05, 0) is 68.3 Å². The maximum Gasteiger partial charge on any atom is 0.254 e. The fourth-order valence-corrected chi connectivity index (χ4v) is 6.65. The lowest BCUT2D eigenvalue weighted by Gasteiger charge is -2.38. The second-order valence-corrected chi connectivity index (χ2v) is 11.3. The van der Waals surface area contributed by atoms with E-state index in [1.165, 1.54) is 30.4 Å². The highest BCUT2D eigenvalue weighted by molar-refractivity contribution is 7.17. The number of fused-ring (bicyclic) bond motifs is 1. The Kier molecular flexibility index (Phi) is 7.42. The van der Waals surface area contributed by atoms with Gasteiger partial charge in [0, 0.05) is 50.5 Å². The Labute approximate surface area is 222 Å². The number of nitrogens with one attached hydrogen (secondary N) is 1. The first-order chi connectivity index (χ1) is 18.2. The molecule has 1 amide bonds. The van der Waals surface area contributed by atoms with E-state index < -0.39 is 0 Å². The van der Waals surface area contributed by atoms with E-state index in [9.17, 15) is 4.79 Å². The summed E-state index contributed by atoms with van der Waals surface area (Å²) in [5.41, 5.74) is 5.00. The Balaban J connectivity index is 1.08. The van der Waals surface area contributed by atoms with Gasteiger partial charge in [-0.3, -0.25) is 4.79 Å². The number of morpholine rings is 1. The first kappa shape index (κ1) is 24.8. The Morgan fingerprint density at radius 1 is 1.03 bits per heavy atom. The number of rotatable bonds is 7. The Morgan fingerprint density at radius 3 is 2.59 bits per heavy atom. The van der Waals surface area contributed by atoms with Crippen molar-refractivity contribution in [3.05, 3.63) is 47.3 Å². The van der Waals surface area contributed by atoms with Gasteiger partial charge in [-0.2, -0.15) is 0 Å². The molecule has 0 atom stereocenters. The van der Waals surface area contributed by atoms with Gasteiger partial charge in [0.25, 0.3) is 5.91 Å². The van der Waals surface area contributed by atoms with Gasteiger partial charge in [-0.1, -0.05) is 12.1 Å². The largest absolute Gasteiger partial charge is 0.384 e. The van der Waals surface area contributed by atoms with Crippen LogP contribution in [0.2, 0.25) is 0 Å². The number of ether oxygens (including phenoxy) is 2. The normalized spacial score (nSPS) is 20.1. The van der Waals surface area contributed by atoms with Gasteiger partial charge >= 0.3 is 0 Å². The van der Waals surface area contributed by atoms with Crippen LogP contribution in [0.25, 0.3) is 21.5 Å². The summed E-state index contributed by atoms with van der Waals surface area (Å²) in [6, 6.07) is 12.1. The van der Waals surface area contributed by atoms with Crippen LogP contribution in [0.4, 0.5) is 5.69 Å². The summed E-state index contributed by atoms with van der Waals surface area (Å²) in [6.45, 7) is 7.82. The van der Waals surface area contributed by atoms with Crippen molar-refractivity contribution in [2.45, 2.75) is 37.7 Å². The number of nitrogens with zero attached hydrogens (tertiary/aromatic N) is 3. The first-order valence-electron chi connectivity index (χ1n) is 13.7. The molecule has 8 heteroatoms. The minimum atomic E-state index is 0.0677. The van der Waals surface area contributed by atoms with Gasteiger partial charge in [-0.25, -0.2) is 4.98 Å². The fourth-order valence-electron chi connectivity index (χ4n) is 5.83. The van der Waals surface area contributed by atoms with E-state index >= 15 is 0 Å². The van der Waals surface area contributed by atoms with Crippen LogP contribution in [0.5, 0.6) is 0 Å². The third-order valence-electron chi connectivity index (χ3n) is 8.06. The summed E-state index contributed by atoms with van der Waals surface area (Å²) in [5.74, 6) is 0.0677. The molecule has 1 N–H and O–H groups in total. The number of amides is 1. The van der Waals surface area contributed by atoms with Crippen LogP contribution in [0.15, 0.2) is 41.8 Å². The van der Waals surface area contributed by atoms with Gasteiger partial charge in [0.1, 0.15) is 0 Å². The van der Waals surface area contributed by atoms with Crippen molar-refractivity contribution < 1.29 is 14.3 Å². The first-order valence-corrected chi connectivity index (χ1v) is 14.5. The highest BCUT2D eigenvalue weighted by atomic mass is 32.1. The van der Waals surface area contributed by atoms with E-state index in [0.717, 1.165) is 61.7 Å². The predicted octanol–water partition coefficient (Wildman–Crippen LogP) is 4.88. The number of anilines is 1. The lowest BCUT2D eigenvalue weighted by Crippen LogP contribution is -2.44. The zero-order valence-corrected chi connectivity index (χ0v) is 22.2. The lowest BCUT2D eigenvalue weighted by molar-refractivity contribution is -0.0432. The molecule has 3 aromatic rings. The molecule has 0 bridgehead atoms. The summed E-state index contributed by atoms with van der Waals surface area (Å²) in [4.78, 5) is 22.2. The third kappa shape index (κ3) is 5.53. The topological polar surface area (TPSA) is 66.9 Å². The van der Waals surface area contributed by atoms with E-state index in [-0.39, 0.29) is 11.5 Å². The number of carbonyl (C=O) groups excluding carboxylic acids is 1. The maximum absolute atomic E-state index is 12.8. The molecule has 5 heterocycles. The van der Waals surface area contributed by atoms with Crippen LogP contribution >= 0.6 is 11.3 Å². The molecule has 1 spiro atoms. The number of hydrogen-bond acceptors (Lipinski definition) is 7. The monoisotopic (exact) mass is 520 g/mol. The smallest absolute Gasteiger partial charge is 0.254 e. The average Bonchev–Trinajstić information content (AvgIpc) is 3.62. The third-order valence-corrected chi connectivity index (χ3v) is 8.99. The predicted molar refractivity (Wildman–Crippen MR) is 148 cm³/mol. The number of thiophene rings is 1. The van der Waals surface area contributed by atoms with Gasteiger partial charge < -0.3 is 24.6 Å². The second-order valence-electron chi connectivity index (χ2n) is 10.4. The molecular weight excluding hydrogens is 484 g/mol. The zero-order chi connectivity index (χ0) is 25.1. The van der Waals surface area contributed by atoms with E-state index in [4.69, 9.17) is 14.5 Å². The molecule has 0 saturated carbocycles. The van der Waals surface area contributed by atoms with Crippen molar-refractivity contribution in [3.8, 4) is 11.3 Å². The van der Waals surface area contributed by atoms with Crippen LogP contribution < -0.4 is 5.32 Å². The lowest BCUT2D eigenvalue weighted by atomic mass is 9.88. The highest BCUT2D eigenvalue weighted by Crippen LogP contribution is 2.36. The highest BCUT2D eigenvalue weighted by Gasteiger charge is 2.38. The van der Waals surface area contributed by atoms with Crippen LogP contribution in [-0.2, 0) is 9.47 Å². The van der Waals surface area contributed by atoms with Gasteiger partial charge in [0.15, 0.2) is 0 Å². The average molecular weight is 521 g/mol. The molecule has 2 aromatic heterocycles. The van der Waals surface area contributed by atoms with Crippen molar-refractivity contribution >= 4 is 33.1 Å². The summed E-state index contributed by atoms with van der Waals surface area (Å²) in [5, 5.41) is 5.79. The van der Waals surface area contributed by atoms with Crippen LogP contribution in [0.3, 0.4) is 0 Å². The molecule has 3 fully saturated rings. The summed E-state index contributed by atoms with van der Waals surface area (Å²) in [7, 11) is 0. The number of pyridine rings is 1. The standard InChI is InChI=1S/C29H36N4O3S/c34-28(33-15-18-35-19-16-33)23-5-3-22(4-6-23)25-21-26(27-24(31-25)7-20-37-27)30-11-2-12-32-13-9-29(10-14-32)8-1-17-36-29/h3-7,20-21H,1-2,8-19H2,(H,30,31). The van der Waals surface area contributed by atoms with Crippen molar-refractivity contribution in [3.63, 3.8) is 0 Å². The van der Waals surface area contributed by atoms with Crippen LogP contribution in [0.1, 0.15) is 42.5 Å². The maximum atomic E-state index is 12.8. The van der Waals surface area contributed by atoms with Gasteiger partial charge in [-0.15, -0.1) is 11.3 Å². The van der Waals surface area contributed by atoms with E-state index in [0.29, 0.717) is 31.9 Å². The number of carbonyl (C=O) groups is 1. The molecule has 1 aromatic carbocycles. The second kappa shape index (κ2) is 11.1. The SMILES string of the molecule is O=C(c1ccc(-c2cc(NCCCN3CCC4(CCCO4)CC3)c3sccc3n2)cc1)N1CCOCC1. The van der Waals surface area contributed by atoms with E-state index in [1.807, 2.05) is 29.2 Å². The minimum absolute atomic E-state index is 0.0677. The molecule has 6 rings (SSSR count). The Hall–Kier alpha value is -2.52. The van der Waals surface area contributed by atoms with Crippen molar-refractivity contribution in [1.82, 2.24) is 14.8 Å². The molecule has 0 unspecified atom stereocenters. The number of piperidine rings is 1. The van der Waals surface area contributed by atoms with E-state index in [2.05, 4.69) is 27.7 Å². The quantitative estimate of drug-likeness (QED) is 0.448. The molecule has 3 aliphatic rings. The molecule has 3 aliphatic heterocycles. The summed E-state index contributed by atoms with van der Waals surface area (Å²) in [6.07, 6.45) is 5.94. The molecule has 0 radical (unpaired) electrons. The molecule has 196 valence electrons. The van der Waals surface area contributed by atoms with Crippen LogP contribution in [0, 0.1) is 0 Å². The van der Waals surface area contributed by atoms with Crippen molar-refractivity contribution in [2.75, 3.05) is 64.4 Å². The molecule has 37 heavy (non-hydrogen) atoms. The number of aromatic nitrogens is 1. The molecule has 3 saturated heterocycles.